The zero-order chi connectivity index (χ0) is 18.4. The highest BCUT2D eigenvalue weighted by atomic mass is 32.2. The zero-order valence-electron chi connectivity index (χ0n) is 14.4. The first kappa shape index (κ1) is 19.3. The number of benzene rings is 1. The van der Waals surface area contributed by atoms with E-state index in [1.54, 1.807) is 14.2 Å². The van der Waals surface area contributed by atoms with Gasteiger partial charge in [-0.3, -0.25) is 9.63 Å². The number of carbonyl (C=O) groups excluding carboxylic acids is 2. The van der Waals surface area contributed by atoms with Crippen molar-refractivity contribution in [2.45, 2.75) is 4.90 Å². The van der Waals surface area contributed by atoms with Crippen molar-refractivity contribution < 1.29 is 19.2 Å². The number of nitrogens with one attached hydrogen (secondary N) is 1. The molecule has 0 bridgehead atoms. The largest absolute Gasteiger partial charge is 0.497 e. The molecule has 0 saturated carbocycles. The van der Waals surface area contributed by atoms with Crippen LogP contribution in [0.5, 0.6) is 5.75 Å². The summed E-state index contributed by atoms with van der Waals surface area (Å²) >= 11 is 2.48. The van der Waals surface area contributed by atoms with Crippen molar-refractivity contribution >= 4 is 46.4 Å². The minimum Gasteiger partial charge on any atom is -0.497 e. The molecule has 0 atom stereocenters. The third kappa shape index (κ3) is 5.46. The molecule has 1 N–H and O–H groups in total. The van der Waals surface area contributed by atoms with Gasteiger partial charge in [0.1, 0.15) is 10.8 Å². The van der Waals surface area contributed by atoms with E-state index in [4.69, 9.17) is 9.57 Å². The number of amides is 2. The predicted octanol–water partition coefficient (Wildman–Crippen LogP) is 2.01. The van der Waals surface area contributed by atoms with Crippen LogP contribution in [0.1, 0.15) is 0 Å². The minimum atomic E-state index is -0.601. The number of thioether (sulfide) groups is 1. The molecular weight excluding hydrogens is 364 g/mol. The molecular formula is C15H20N4O4S2. The maximum atomic E-state index is 12.1. The smallest absolute Gasteiger partial charge is 0.446 e. The van der Waals surface area contributed by atoms with Gasteiger partial charge in [-0.25, -0.2) is 9.10 Å². The molecule has 1 saturated heterocycles. The molecule has 136 valence electrons. The van der Waals surface area contributed by atoms with Crippen LogP contribution in [0.15, 0.2) is 28.3 Å². The number of hydrogen-bond donors (Lipinski definition) is 1. The first-order valence-corrected chi connectivity index (χ1v) is 9.11. The van der Waals surface area contributed by atoms with Crippen molar-refractivity contribution in [3.63, 3.8) is 0 Å². The van der Waals surface area contributed by atoms with E-state index in [0.717, 1.165) is 16.3 Å². The van der Waals surface area contributed by atoms with E-state index in [2.05, 4.69) is 10.5 Å². The van der Waals surface area contributed by atoms with Gasteiger partial charge >= 0.3 is 6.09 Å². The average Bonchev–Trinajstić information content (AvgIpc) is 2.61. The van der Waals surface area contributed by atoms with Gasteiger partial charge in [0.2, 0.25) is 5.91 Å². The Bertz CT molecular complexity index is 669. The fraction of sp³-hybridized carbons (Fsp3) is 0.400. The lowest BCUT2D eigenvalue weighted by Gasteiger charge is -2.21. The Labute approximate surface area is 155 Å². The van der Waals surface area contributed by atoms with Gasteiger partial charge in [0, 0.05) is 27.2 Å². The maximum Gasteiger partial charge on any atom is 0.446 e. The highest BCUT2D eigenvalue weighted by molar-refractivity contribution is 8.14. The summed E-state index contributed by atoms with van der Waals surface area (Å²) < 4.78 is 6.59. The van der Waals surface area contributed by atoms with Crippen LogP contribution in [0.4, 0.5) is 10.5 Å². The molecule has 1 aliphatic heterocycles. The number of nitrogens with zero attached hydrogens (tertiary/aromatic N) is 3. The number of hydrogen-bond acceptors (Lipinski definition) is 8. The molecule has 10 heteroatoms. The summed E-state index contributed by atoms with van der Waals surface area (Å²) in [6.45, 7) is 0.275. The average molecular weight is 384 g/mol. The molecule has 0 aliphatic carbocycles. The van der Waals surface area contributed by atoms with Crippen LogP contribution >= 0.6 is 23.7 Å². The quantitative estimate of drug-likeness (QED) is 0.472. The highest BCUT2D eigenvalue weighted by Crippen LogP contribution is 2.34. The molecule has 1 aromatic carbocycles. The molecule has 0 radical (unpaired) electrons. The number of carbonyl (C=O) groups is 2. The van der Waals surface area contributed by atoms with E-state index in [0.29, 0.717) is 5.04 Å². The second-order valence-corrected chi connectivity index (χ2v) is 7.44. The lowest BCUT2D eigenvalue weighted by atomic mass is 10.3. The second kappa shape index (κ2) is 8.86. The van der Waals surface area contributed by atoms with Gasteiger partial charge in [-0.2, -0.15) is 0 Å². The molecule has 1 heterocycles. The van der Waals surface area contributed by atoms with Crippen LogP contribution in [0.25, 0.3) is 0 Å². The Hall–Kier alpha value is -2.07. The van der Waals surface area contributed by atoms with Gasteiger partial charge < -0.3 is 15.0 Å². The van der Waals surface area contributed by atoms with Crippen molar-refractivity contribution in [3.05, 3.63) is 18.2 Å². The molecule has 0 spiro atoms. The fourth-order valence-electron chi connectivity index (χ4n) is 1.87. The van der Waals surface area contributed by atoms with Gasteiger partial charge in [0.05, 0.1) is 30.0 Å². The third-order valence-corrected chi connectivity index (χ3v) is 5.10. The van der Waals surface area contributed by atoms with Crippen molar-refractivity contribution in [1.29, 1.82) is 0 Å². The van der Waals surface area contributed by atoms with E-state index in [1.165, 1.54) is 28.0 Å². The zero-order valence-corrected chi connectivity index (χ0v) is 16.1. The SMILES string of the molecule is COc1ccc(SN(C)C(=O)ON=C2CNC(=O)CS2)c(N(C)C)c1. The fourth-order valence-corrected chi connectivity index (χ4v) is 3.40. The number of anilines is 1. The standard InChI is InChI=1S/C15H20N4O4S2/c1-18(2)11-7-10(22-4)5-6-12(11)25-19(3)15(21)23-17-14-8-16-13(20)9-24-14/h5-7H,8-9H2,1-4H3,(H,16,20). The van der Waals surface area contributed by atoms with Gasteiger partial charge in [-0.15, -0.1) is 0 Å². The van der Waals surface area contributed by atoms with Crippen LogP contribution in [0.2, 0.25) is 0 Å². The lowest BCUT2D eigenvalue weighted by molar-refractivity contribution is -0.118. The maximum absolute atomic E-state index is 12.1. The lowest BCUT2D eigenvalue weighted by Crippen LogP contribution is -2.35. The molecule has 8 nitrogen and oxygen atoms in total. The Morgan fingerprint density at radius 2 is 2.12 bits per heavy atom. The van der Waals surface area contributed by atoms with E-state index in [9.17, 15) is 9.59 Å². The number of methoxy groups -OCH3 is 1. The predicted molar refractivity (Wildman–Crippen MR) is 100 cm³/mol. The van der Waals surface area contributed by atoms with E-state index in [-0.39, 0.29) is 18.2 Å². The molecule has 0 aromatic heterocycles. The van der Waals surface area contributed by atoms with Crippen molar-refractivity contribution in [2.75, 3.05) is 45.5 Å². The van der Waals surface area contributed by atoms with E-state index >= 15 is 0 Å². The molecule has 1 aliphatic rings. The number of oxime groups is 1. The monoisotopic (exact) mass is 384 g/mol. The van der Waals surface area contributed by atoms with Crippen LogP contribution in [0.3, 0.4) is 0 Å². The molecule has 25 heavy (non-hydrogen) atoms. The molecule has 2 amide bonds. The van der Waals surface area contributed by atoms with Gasteiger partial charge in [-0.1, -0.05) is 16.9 Å². The Morgan fingerprint density at radius 1 is 1.36 bits per heavy atom. The summed E-state index contributed by atoms with van der Waals surface area (Å²) in [6, 6.07) is 5.60. The van der Waals surface area contributed by atoms with Gasteiger partial charge in [-0.05, 0) is 24.1 Å². The minimum absolute atomic E-state index is 0.0568. The van der Waals surface area contributed by atoms with Crippen molar-refractivity contribution in [3.8, 4) is 5.75 Å². The third-order valence-electron chi connectivity index (χ3n) is 3.17. The summed E-state index contributed by atoms with van der Waals surface area (Å²) in [4.78, 5) is 30.9. The van der Waals surface area contributed by atoms with Gasteiger partial charge in [0.25, 0.3) is 0 Å². The summed E-state index contributed by atoms with van der Waals surface area (Å²) in [5, 5.41) is 6.99. The number of rotatable bonds is 5. The van der Waals surface area contributed by atoms with Crippen molar-refractivity contribution in [1.82, 2.24) is 9.62 Å². The van der Waals surface area contributed by atoms with Crippen LogP contribution in [0, 0.1) is 0 Å². The van der Waals surface area contributed by atoms with E-state index in [1.807, 2.05) is 37.2 Å². The second-order valence-electron chi connectivity index (χ2n) is 5.22. The molecule has 0 unspecified atom stereocenters. The van der Waals surface area contributed by atoms with Crippen LogP contribution < -0.4 is 15.0 Å². The first-order valence-electron chi connectivity index (χ1n) is 7.35. The Morgan fingerprint density at radius 3 is 2.72 bits per heavy atom. The van der Waals surface area contributed by atoms with E-state index < -0.39 is 6.09 Å². The normalized spacial score (nSPS) is 15.5. The van der Waals surface area contributed by atoms with Crippen LogP contribution in [-0.4, -0.2) is 61.9 Å². The van der Waals surface area contributed by atoms with Gasteiger partial charge in [0.15, 0.2) is 0 Å². The topological polar surface area (TPSA) is 83.5 Å². The number of ether oxygens (including phenoxy) is 1. The summed E-state index contributed by atoms with van der Waals surface area (Å²) in [6.07, 6.45) is -0.601. The summed E-state index contributed by atoms with van der Waals surface area (Å²) in [7, 11) is 7.04. The molecule has 2 rings (SSSR count). The summed E-state index contributed by atoms with van der Waals surface area (Å²) in [5.74, 6) is 0.957. The first-order chi connectivity index (χ1) is 11.9. The Balaban J connectivity index is 1.99. The molecule has 1 aromatic rings. The van der Waals surface area contributed by atoms with Crippen molar-refractivity contribution in [2.24, 2.45) is 5.16 Å². The Kier molecular flexibility index (Phi) is 6.82. The highest BCUT2D eigenvalue weighted by Gasteiger charge is 2.18. The van der Waals surface area contributed by atoms with Crippen LogP contribution in [-0.2, 0) is 9.63 Å². The summed E-state index contributed by atoms with van der Waals surface area (Å²) in [5.41, 5.74) is 0.917. The molecule has 1 fully saturated rings.